The van der Waals surface area contributed by atoms with Crippen LogP contribution in [-0.2, 0) is 4.79 Å². The Balaban J connectivity index is 1.78. The summed E-state index contributed by atoms with van der Waals surface area (Å²) in [5.41, 5.74) is 0.567. The number of carbonyl (C=O) groups excluding carboxylic acids is 2. The van der Waals surface area contributed by atoms with Gasteiger partial charge in [-0.05, 0) is 45.3 Å². The molecule has 5 nitrogen and oxygen atoms in total. The van der Waals surface area contributed by atoms with E-state index in [0.29, 0.717) is 23.7 Å². The van der Waals surface area contributed by atoms with Crippen molar-refractivity contribution in [2.24, 2.45) is 11.8 Å². The molecule has 24 heavy (non-hydrogen) atoms. The fraction of sp³-hybridized carbons (Fsp3) is 0.632. The highest BCUT2D eigenvalue weighted by atomic mass is 16.5. The third kappa shape index (κ3) is 5.41. The number of ketones is 2. The summed E-state index contributed by atoms with van der Waals surface area (Å²) < 4.78 is 5.73. The van der Waals surface area contributed by atoms with E-state index in [4.69, 9.17) is 4.74 Å². The first-order valence-corrected chi connectivity index (χ1v) is 8.82. The lowest BCUT2D eigenvalue weighted by Crippen LogP contribution is -2.30. The van der Waals surface area contributed by atoms with Crippen LogP contribution in [0.2, 0.25) is 0 Å². The molecule has 0 bridgehead atoms. The standard InChI is InChI=1S/C19H28N2O3/c1-14(2)19(23)16-5-4-7-21(8-6-16)9-10-24-18-11-17(15(3)22)12-20-13-18/h11-14,16H,4-10H2,1-3H3. The monoisotopic (exact) mass is 332 g/mol. The predicted octanol–water partition coefficient (Wildman–Crippen LogP) is 2.99. The number of rotatable bonds is 7. The number of aromatic nitrogens is 1. The molecule has 1 aliphatic heterocycles. The average Bonchev–Trinajstić information content (AvgIpc) is 2.80. The van der Waals surface area contributed by atoms with Crippen molar-refractivity contribution in [1.82, 2.24) is 9.88 Å². The minimum atomic E-state index is -0.0127. The fourth-order valence-electron chi connectivity index (χ4n) is 3.12. The second-order valence-corrected chi connectivity index (χ2v) is 6.84. The topological polar surface area (TPSA) is 59.5 Å². The molecule has 0 N–H and O–H groups in total. The van der Waals surface area contributed by atoms with Gasteiger partial charge in [-0.2, -0.15) is 0 Å². The third-order valence-corrected chi connectivity index (χ3v) is 4.59. The van der Waals surface area contributed by atoms with Crippen LogP contribution in [-0.4, -0.2) is 47.7 Å². The van der Waals surface area contributed by atoms with E-state index >= 15 is 0 Å². The van der Waals surface area contributed by atoms with E-state index in [1.807, 2.05) is 13.8 Å². The van der Waals surface area contributed by atoms with Gasteiger partial charge in [0.25, 0.3) is 0 Å². The highest BCUT2D eigenvalue weighted by Crippen LogP contribution is 2.21. The summed E-state index contributed by atoms with van der Waals surface area (Å²) in [5, 5.41) is 0. The van der Waals surface area contributed by atoms with Crippen molar-refractivity contribution in [1.29, 1.82) is 0 Å². The first-order valence-electron chi connectivity index (χ1n) is 8.82. The van der Waals surface area contributed by atoms with Crippen molar-refractivity contribution in [3.63, 3.8) is 0 Å². The molecule has 2 rings (SSSR count). The zero-order valence-corrected chi connectivity index (χ0v) is 15.0. The van der Waals surface area contributed by atoms with Crippen LogP contribution < -0.4 is 4.74 Å². The number of likely N-dealkylation sites (tertiary alicyclic amines) is 1. The fourth-order valence-corrected chi connectivity index (χ4v) is 3.12. The molecule has 1 unspecified atom stereocenters. The Bertz CT molecular complexity index is 571. The lowest BCUT2D eigenvalue weighted by Gasteiger charge is -2.20. The average molecular weight is 332 g/mol. The summed E-state index contributed by atoms with van der Waals surface area (Å²) in [6.07, 6.45) is 6.18. The summed E-state index contributed by atoms with van der Waals surface area (Å²) in [7, 11) is 0. The maximum Gasteiger partial charge on any atom is 0.161 e. The Kier molecular flexibility index (Phi) is 6.91. The maximum atomic E-state index is 12.2. The molecule has 0 spiro atoms. The molecule has 0 aliphatic carbocycles. The van der Waals surface area contributed by atoms with Crippen molar-refractivity contribution in [3.05, 3.63) is 24.0 Å². The molecule has 1 atom stereocenters. The van der Waals surface area contributed by atoms with Crippen LogP contribution in [0.1, 0.15) is 50.4 Å². The number of hydrogen-bond acceptors (Lipinski definition) is 5. The molecule has 0 saturated carbocycles. The van der Waals surface area contributed by atoms with Crippen molar-refractivity contribution >= 4 is 11.6 Å². The SMILES string of the molecule is CC(=O)c1cncc(OCCN2CCCC(C(=O)C(C)C)CC2)c1. The summed E-state index contributed by atoms with van der Waals surface area (Å²) >= 11 is 0. The van der Waals surface area contributed by atoms with Gasteiger partial charge < -0.3 is 4.74 Å². The Morgan fingerprint density at radius 1 is 1.29 bits per heavy atom. The molecule has 132 valence electrons. The van der Waals surface area contributed by atoms with Crippen LogP contribution in [0.5, 0.6) is 5.75 Å². The van der Waals surface area contributed by atoms with E-state index in [9.17, 15) is 9.59 Å². The van der Waals surface area contributed by atoms with E-state index < -0.39 is 0 Å². The molecule has 0 aromatic carbocycles. The molecule has 0 amide bonds. The Hall–Kier alpha value is -1.75. The quantitative estimate of drug-likeness (QED) is 0.718. The van der Waals surface area contributed by atoms with E-state index in [-0.39, 0.29) is 17.6 Å². The summed E-state index contributed by atoms with van der Waals surface area (Å²) in [6.45, 7) is 8.84. The van der Waals surface area contributed by atoms with Gasteiger partial charge in [0.1, 0.15) is 18.1 Å². The number of carbonyl (C=O) groups is 2. The zero-order valence-electron chi connectivity index (χ0n) is 15.0. The van der Waals surface area contributed by atoms with Gasteiger partial charge in [0, 0.05) is 30.1 Å². The second-order valence-electron chi connectivity index (χ2n) is 6.84. The molecule has 1 aromatic rings. The molecule has 1 fully saturated rings. The van der Waals surface area contributed by atoms with Crippen LogP contribution >= 0.6 is 0 Å². The molecule has 5 heteroatoms. The second kappa shape index (κ2) is 8.92. The van der Waals surface area contributed by atoms with Crippen LogP contribution in [0.4, 0.5) is 0 Å². The van der Waals surface area contributed by atoms with Crippen LogP contribution in [0.25, 0.3) is 0 Å². The molecule has 1 aromatic heterocycles. The number of Topliss-reactive ketones (excluding diaryl/α,β-unsaturated/α-hetero) is 2. The normalized spacial score (nSPS) is 19.1. The summed E-state index contributed by atoms with van der Waals surface area (Å²) in [4.78, 5) is 29.9. The van der Waals surface area contributed by atoms with E-state index in [2.05, 4.69) is 9.88 Å². The number of nitrogens with zero attached hydrogens (tertiary/aromatic N) is 2. The Morgan fingerprint density at radius 3 is 2.79 bits per heavy atom. The van der Waals surface area contributed by atoms with E-state index in [0.717, 1.165) is 38.9 Å². The van der Waals surface area contributed by atoms with Gasteiger partial charge in [-0.1, -0.05) is 13.8 Å². The van der Waals surface area contributed by atoms with E-state index in [1.165, 1.54) is 6.92 Å². The number of pyridine rings is 1. The molecular weight excluding hydrogens is 304 g/mol. The van der Waals surface area contributed by atoms with E-state index in [1.54, 1.807) is 18.5 Å². The van der Waals surface area contributed by atoms with Crippen molar-refractivity contribution < 1.29 is 14.3 Å². The zero-order chi connectivity index (χ0) is 17.5. The highest BCUT2D eigenvalue weighted by molar-refractivity contribution is 5.94. The Morgan fingerprint density at radius 2 is 2.08 bits per heavy atom. The van der Waals surface area contributed by atoms with Gasteiger partial charge in [0.15, 0.2) is 5.78 Å². The van der Waals surface area contributed by atoms with Gasteiger partial charge in [-0.15, -0.1) is 0 Å². The van der Waals surface area contributed by atoms with Crippen LogP contribution in [0, 0.1) is 11.8 Å². The van der Waals surface area contributed by atoms with Gasteiger partial charge in [-0.25, -0.2) is 0 Å². The maximum absolute atomic E-state index is 12.2. The van der Waals surface area contributed by atoms with Crippen molar-refractivity contribution in [3.8, 4) is 5.75 Å². The Labute approximate surface area is 144 Å². The van der Waals surface area contributed by atoms with Gasteiger partial charge in [0.2, 0.25) is 0 Å². The van der Waals surface area contributed by atoms with Gasteiger partial charge in [-0.3, -0.25) is 19.5 Å². The van der Waals surface area contributed by atoms with Gasteiger partial charge >= 0.3 is 0 Å². The predicted molar refractivity (Wildman–Crippen MR) is 93.4 cm³/mol. The summed E-state index contributed by atoms with van der Waals surface area (Å²) in [6, 6.07) is 1.73. The minimum absolute atomic E-state index is 0.0127. The number of hydrogen-bond donors (Lipinski definition) is 0. The molecule has 2 heterocycles. The van der Waals surface area contributed by atoms with Crippen LogP contribution in [0.15, 0.2) is 18.5 Å². The van der Waals surface area contributed by atoms with Gasteiger partial charge in [0.05, 0.1) is 6.20 Å². The smallest absolute Gasteiger partial charge is 0.161 e. The summed E-state index contributed by atoms with van der Waals surface area (Å²) in [5.74, 6) is 1.37. The molecule has 1 saturated heterocycles. The molecule has 1 aliphatic rings. The van der Waals surface area contributed by atoms with Crippen molar-refractivity contribution in [2.75, 3.05) is 26.2 Å². The lowest BCUT2D eigenvalue weighted by atomic mass is 9.89. The minimum Gasteiger partial charge on any atom is -0.491 e. The highest BCUT2D eigenvalue weighted by Gasteiger charge is 2.24. The first kappa shape index (κ1) is 18.6. The molecular formula is C19H28N2O3. The number of ether oxygens (including phenoxy) is 1. The molecule has 0 radical (unpaired) electrons. The van der Waals surface area contributed by atoms with Crippen molar-refractivity contribution in [2.45, 2.75) is 40.0 Å². The lowest BCUT2D eigenvalue weighted by molar-refractivity contribution is -0.126. The van der Waals surface area contributed by atoms with Crippen LogP contribution in [0.3, 0.4) is 0 Å². The first-order chi connectivity index (χ1) is 11.5. The largest absolute Gasteiger partial charge is 0.491 e. The third-order valence-electron chi connectivity index (χ3n) is 4.59.